The minimum absolute atomic E-state index is 0.0591. The molecule has 0 saturated heterocycles. The molecule has 0 saturated carbocycles. The fourth-order valence-electron chi connectivity index (χ4n) is 2.35. The highest BCUT2D eigenvalue weighted by atomic mass is 35.5. The van der Waals surface area contributed by atoms with Gasteiger partial charge in [-0.1, -0.05) is 41.4 Å². The SMILES string of the molecule is CCOC(=O)C[C@H](NC(=O)COc1ccc(Cl)cc1)c1ccc(C)cc1. The molecule has 26 heavy (non-hydrogen) atoms. The second-order valence-electron chi connectivity index (χ2n) is 5.78. The topological polar surface area (TPSA) is 64.6 Å². The standard InChI is InChI=1S/C20H22ClNO4/c1-3-25-20(24)12-18(15-6-4-14(2)5-7-15)22-19(23)13-26-17-10-8-16(21)9-11-17/h4-11,18H,3,12-13H2,1-2H3,(H,22,23)/t18-/m0/s1. The molecule has 0 aromatic heterocycles. The number of nitrogens with one attached hydrogen (secondary N) is 1. The summed E-state index contributed by atoms with van der Waals surface area (Å²) in [5.41, 5.74) is 1.93. The maximum Gasteiger partial charge on any atom is 0.308 e. The predicted molar refractivity (Wildman–Crippen MR) is 100 cm³/mol. The lowest BCUT2D eigenvalue weighted by molar-refractivity contribution is -0.143. The highest BCUT2D eigenvalue weighted by Gasteiger charge is 2.19. The number of rotatable bonds is 8. The van der Waals surface area contributed by atoms with Crippen LogP contribution < -0.4 is 10.1 Å². The van der Waals surface area contributed by atoms with Gasteiger partial charge in [0, 0.05) is 5.02 Å². The molecular weight excluding hydrogens is 354 g/mol. The van der Waals surface area contributed by atoms with Gasteiger partial charge < -0.3 is 14.8 Å². The molecule has 0 unspecified atom stereocenters. The van der Waals surface area contributed by atoms with Gasteiger partial charge in [0.05, 0.1) is 19.1 Å². The Morgan fingerprint density at radius 1 is 1.08 bits per heavy atom. The van der Waals surface area contributed by atoms with Gasteiger partial charge >= 0.3 is 5.97 Å². The summed E-state index contributed by atoms with van der Waals surface area (Å²) in [7, 11) is 0. The van der Waals surface area contributed by atoms with Crippen molar-refractivity contribution in [3.8, 4) is 5.75 Å². The molecule has 0 radical (unpaired) electrons. The van der Waals surface area contributed by atoms with Crippen LogP contribution in [0.3, 0.4) is 0 Å². The van der Waals surface area contributed by atoms with E-state index in [9.17, 15) is 9.59 Å². The summed E-state index contributed by atoms with van der Waals surface area (Å²) in [6, 6.07) is 13.9. The molecule has 1 atom stereocenters. The van der Waals surface area contributed by atoms with Crippen LogP contribution >= 0.6 is 11.6 Å². The van der Waals surface area contributed by atoms with E-state index < -0.39 is 6.04 Å². The molecule has 138 valence electrons. The zero-order valence-corrected chi connectivity index (χ0v) is 15.6. The predicted octanol–water partition coefficient (Wildman–Crippen LogP) is 3.84. The van der Waals surface area contributed by atoms with Gasteiger partial charge in [-0.2, -0.15) is 0 Å². The number of hydrogen-bond donors (Lipinski definition) is 1. The molecule has 0 bridgehead atoms. The van der Waals surface area contributed by atoms with E-state index in [1.807, 2.05) is 31.2 Å². The van der Waals surface area contributed by atoms with Gasteiger partial charge in [-0.25, -0.2) is 0 Å². The van der Waals surface area contributed by atoms with Crippen LogP contribution in [0.5, 0.6) is 5.75 Å². The first-order valence-corrected chi connectivity index (χ1v) is 8.75. The van der Waals surface area contributed by atoms with E-state index in [1.165, 1.54) is 0 Å². The van der Waals surface area contributed by atoms with Crippen molar-refractivity contribution in [2.75, 3.05) is 13.2 Å². The molecule has 1 amide bonds. The summed E-state index contributed by atoms with van der Waals surface area (Å²) >= 11 is 5.82. The summed E-state index contributed by atoms with van der Waals surface area (Å²) in [6.45, 7) is 3.86. The normalized spacial score (nSPS) is 11.5. The van der Waals surface area contributed by atoms with Crippen molar-refractivity contribution in [2.24, 2.45) is 0 Å². The Bertz CT molecular complexity index is 728. The summed E-state index contributed by atoms with van der Waals surface area (Å²) in [6.07, 6.45) is 0.0591. The molecule has 5 nitrogen and oxygen atoms in total. The highest BCUT2D eigenvalue weighted by molar-refractivity contribution is 6.30. The van der Waals surface area contributed by atoms with Crippen LogP contribution in [0.25, 0.3) is 0 Å². The lowest BCUT2D eigenvalue weighted by Crippen LogP contribution is -2.34. The number of aryl methyl sites for hydroxylation is 1. The Labute approximate surface area is 158 Å². The molecule has 2 rings (SSSR count). The monoisotopic (exact) mass is 375 g/mol. The molecule has 0 aliphatic carbocycles. The summed E-state index contributed by atoms with van der Waals surface area (Å²) in [4.78, 5) is 24.1. The third-order valence-electron chi connectivity index (χ3n) is 3.67. The second kappa shape index (κ2) is 9.82. The van der Waals surface area contributed by atoms with Crippen molar-refractivity contribution in [1.29, 1.82) is 0 Å². The Balaban J connectivity index is 1.99. The number of hydrogen-bond acceptors (Lipinski definition) is 4. The number of carbonyl (C=O) groups is 2. The molecule has 0 fully saturated rings. The average molecular weight is 376 g/mol. The van der Waals surface area contributed by atoms with Crippen molar-refractivity contribution in [2.45, 2.75) is 26.3 Å². The Hall–Kier alpha value is -2.53. The third-order valence-corrected chi connectivity index (χ3v) is 3.93. The minimum atomic E-state index is -0.476. The summed E-state index contributed by atoms with van der Waals surface area (Å²) in [5.74, 6) is -0.145. The first kappa shape index (κ1) is 19.8. The molecule has 0 heterocycles. The van der Waals surface area contributed by atoms with E-state index in [2.05, 4.69) is 5.32 Å². The van der Waals surface area contributed by atoms with E-state index in [-0.39, 0.29) is 24.9 Å². The van der Waals surface area contributed by atoms with Crippen molar-refractivity contribution in [3.63, 3.8) is 0 Å². The van der Waals surface area contributed by atoms with Gasteiger partial charge in [-0.15, -0.1) is 0 Å². The van der Waals surface area contributed by atoms with Gasteiger partial charge in [0.2, 0.25) is 0 Å². The van der Waals surface area contributed by atoms with E-state index in [1.54, 1.807) is 31.2 Å². The summed E-state index contributed by atoms with van der Waals surface area (Å²) in [5, 5.41) is 3.43. The van der Waals surface area contributed by atoms with Gasteiger partial charge in [-0.05, 0) is 43.7 Å². The van der Waals surface area contributed by atoms with Gasteiger partial charge in [0.15, 0.2) is 6.61 Å². The first-order chi connectivity index (χ1) is 12.5. The molecule has 0 spiro atoms. The quantitative estimate of drug-likeness (QED) is 0.712. The average Bonchev–Trinajstić information content (AvgIpc) is 2.61. The van der Waals surface area contributed by atoms with E-state index >= 15 is 0 Å². The zero-order valence-electron chi connectivity index (χ0n) is 14.8. The largest absolute Gasteiger partial charge is 0.484 e. The number of benzene rings is 2. The fourth-order valence-corrected chi connectivity index (χ4v) is 2.48. The molecule has 0 aliphatic rings. The highest BCUT2D eigenvalue weighted by Crippen LogP contribution is 2.19. The van der Waals surface area contributed by atoms with Crippen LogP contribution in [0.1, 0.15) is 30.5 Å². The van der Waals surface area contributed by atoms with E-state index in [0.29, 0.717) is 17.4 Å². The zero-order chi connectivity index (χ0) is 18.9. The molecule has 0 aliphatic heterocycles. The molecule has 2 aromatic rings. The number of esters is 1. The van der Waals surface area contributed by atoms with Crippen LogP contribution in [0, 0.1) is 6.92 Å². The van der Waals surface area contributed by atoms with Crippen LogP contribution in [0.4, 0.5) is 0 Å². The maximum absolute atomic E-state index is 12.3. The van der Waals surface area contributed by atoms with Crippen molar-refractivity contribution < 1.29 is 19.1 Å². The molecule has 1 N–H and O–H groups in total. The third kappa shape index (κ3) is 6.41. The number of carbonyl (C=O) groups excluding carboxylic acids is 2. The number of amides is 1. The lowest BCUT2D eigenvalue weighted by Gasteiger charge is -2.19. The molecular formula is C20H22ClNO4. The minimum Gasteiger partial charge on any atom is -0.484 e. The van der Waals surface area contributed by atoms with Crippen LogP contribution in [0.15, 0.2) is 48.5 Å². The van der Waals surface area contributed by atoms with Crippen LogP contribution in [-0.2, 0) is 14.3 Å². The Morgan fingerprint density at radius 3 is 2.35 bits per heavy atom. The van der Waals surface area contributed by atoms with Crippen molar-refractivity contribution in [1.82, 2.24) is 5.32 Å². The maximum atomic E-state index is 12.3. The smallest absolute Gasteiger partial charge is 0.308 e. The van der Waals surface area contributed by atoms with Gasteiger partial charge in [-0.3, -0.25) is 9.59 Å². The lowest BCUT2D eigenvalue weighted by atomic mass is 10.0. The Kier molecular flexibility index (Phi) is 7.48. The molecule has 6 heteroatoms. The molecule has 2 aromatic carbocycles. The Morgan fingerprint density at radius 2 is 1.73 bits per heavy atom. The van der Waals surface area contributed by atoms with Gasteiger partial charge in [0.25, 0.3) is 5.91 Å². The van der Waals surface area contributed by atoms with Crippen molar-refractivity contribution in [3.05, 3.63) is 64.7 Å². The number of halogens is 1. The van der Waals surface area contributed by atoms with Gasteiger partial charge in [0.1, 0.15) is 5.75 Å². The van der Waals surface area contributed by atoms with E-state index in [4.69, 9.17) is 21.1 Å². The van der Waals surface area contributed by atoms with Crippen LogP contribution in [0.2, 0.25) is 5.02 Å². The van der Waals surface area contributed by atoms with Crippen molar-refractivity contribution >= 4 is 23.5 Å². The van der Waals surface area contributed by atoms with Crippen LogP contribution in [-0.4, -0.2) is 25.1 Å². The fraction of sp³-hybridized carbons (Fsp3) is 0.300. The first-order valence-electron chi connectivity index (χ1n) is 8.38. The number of ether oxygens (including phenoxy) is 2. The van der Waals surface area contributed by atoms with E-state index in [0.717, 1.165) is 11.1 Å². The summed E-state index contributed by atoms with van der Waals surface area (Å²) < 4.78 is 10.4. The second-order valence-corrected chi connectivity index (χ2v) is 6.22.